The van der Waals surface area contributed by atoms with E-state index in [1.807, 2.05) is 17.5 Å². The van der Waals surface area contributed by atoms with E-state index < -0.39 is 0 Å². The maximum atomic E-state index is 11.7. The minimum Gasteiger partial charge on any atom is -0.329 e. The Balaban J connectivity index is 2.67. The summed E-state index contributed by atoms with van der Waals surface area (Å²) in [5.74, 6) is 0. The second kappa shape index (κ2) is 3.32. The molecule has 0 amide bonds. The van der Waals surface area contributed by atoms with Crippen molar-refractivity contribution in [3.63, 3.8) is 0 Å². The van der Waals surface area contributed by atoms with Crippen LogP contribution in [0.3, 0.4) is 0 Å². The molecule has 0 unspecified atom stereocenters. The van der Waals surface area contributed by atoms with Gasteiger partial charge in [-0.3, -0.25) is 4.79 Å². The predicted molar refractivity (Wildman–Crippen MR) is 55.1 cm³/mol. The Morgan fingerprint density at radius 1 is 1.46 bits per heavy atom. The van der Waals surface area contributed by atoms with Crippen molar-refractivity contribution < 1.29 is 0 Å². The highest BCUT2D eigenvalue weighted by Crippen LogP contribution is 2.15. The lowest BCUT2D eigenvalue weighted by atomic mass is 10.3. The van der Waals surface area contributed by atoms with Gasteiger partial charge in [-0.25, -0.2) is 0 Å². The maximum absolute atomic E-state index is 11.7. The highest BCUT2D eigenvalue weighted by Gasteiger charge is 2.01. The van der Waals surface area contributed by atoms with Gasteiger partial charge in [-0.15, -0.1) is 11.3 Å². The fourth-order valence-corrected chi connectivity index (χ4v) is 2.09. The molecule has 68 valence electrons. The van der Waals surface area contributed by atoms with Crippen LogP contribution in [0.15, 0.2) is 28.5 Å². The van der Waals surface area contributed by atoms with Gasteiger partial charge in [0.15, 0.2) is 0 Å². The van der Waals surface area contributed by atoms with Crippen LogP contribution in [0.4, 0.5) is 0 Å². The zero-order valence-electron chi connectivity index (χ0n) is 7.06. The highest BCUT2D eigenvalue weighted by atomic mass is 32.1. The molecule has 13 heavy (non-hydrogen) atoms. The third-order valence-corrected chi connectivity index (χ3v) is 2.84. The van der Waals surface area contributed by atoms with Crippen molar-refractivity contribution in [2.45, 2.75) is 6.54 Å². The standard InChI is InChI=1S/C9H10N2OS/c10-3-5-11-4-1-8-7(9(11)12)2-6-13-8/h1-2,4,6H,3,5,10H2. The van der Waals surface area contributed by atoms with E-state index in [-0.39, 0.29) is 5.56 Å². The van der Waals surface area contributed by atoms with Crippen LogP contribution in [0, 0.1) is 0 Å². The number of hydrogen-bond acceptors (Lipinski definition) is 3. The quantitative estimate of drug-likeness (QED) is 0.776. The molecule has 0 aromatic carbocycles. The zero-order chi connectivity index (χ0) is 9.26. The topological polar surface area (TPSA) is 48.0 Å². The number of pyridine rings is 1. The minimum atomic E-state index is 0.0594. The molecule has 0 saturated carbocycles. The average Bonchev–Trinajstić information content (AvgIpc) is 2.58. The summed E-state index contributed by atoms with van der Waals surface area (Å²) in [7, 11) is 0. The molecule has 3 nitrogen and oxygen atoms in total. The Hall–Kier alpha value is -1.13. The van der Waals surface area contributed by atoms with E-state index in [0.717, 1.165) is 10.1 Å². The van der Waals surface area contributed by atoms with Crippen molar-refractivity contribution in [3.05, 3.63) is 34.1 Å². The van der Waals surface area contributed by atoms with Crippen LogP contribution in [0.5, 0.6) is 0 Å². The first-order valence-electron chi connectivity index (χ1n) is 4.09. The molecule has 2 heterocycles. The molecule has 0 spiro atoms. The number of hydrogen-bond donors (Lipinski definition) is 1. The predicted octanol–water partition coefficient (Wildman–Crippen LogP) is 1.02. The van der Waals surface area contributed by atoms with Crippen LogP contribution in [0.2, 0.25) is 0 Å². The molecule has 2 N–H and O–H groups in total. The highest BCUT2D eigenvalue weighted by molar-refractivity contribution is 7.17. The summed E-state index contributed by atoms with van der Waals surface area (Å²) in [4.78, 5) is 11.7. The van der Waals surface area contributed by atoms with Gasteiger partial charge >= 0.3 is 0 Å². The molecule has 0 atom stereocenters. The average molecular weight is 194 g/mol. The summed E-state index contributed by atoms with van der Waals surface area (Å²) in [6.07, 6.45) is 1.80. The van der Waals surface area contributed by atoms with Gasteiger partial charge in [-0.05, 0) is 17.5 Å². The van der Waals surface area contributed by atoms with Gasteiger partial charge in [0.25, 0.3) is 5.56 Å². The molecule has 0 aliphatic heterocycles. The smallest absolute Gasteiger partial charge is 0.259 e. The molecule has 0 aliphatic rings. The van der Waals surface area contributed by atoms with Crippen LogP contribution in [0.1, 0.15) is 0 Å². The van der Waals surface area contributed by atoms with Gasteiger partial charge in [-0.2, -0.15) is 0 Å². The van der Waals surface area contributed by atoms with Crippen LogP contribution in [-0.4, -0.2) is 11.1 Å². The first-order chi connectivity index (χ1) is 6.33. The van der Waals surface area contributed by atoms with Gasteiger partial charge in [0.05, 0.1) is 5.39 Å². The van der Waals surface area contributed by atoms with Gasteiger partial charge in [0.1, 0.15) is 0 Å². The van der Waals surface area contributed by atoms with Crippen molar-refractivity contribution in [1.82, 2.24) is 4.57 Å². The number of nitrogens with zero attached hydrogens (tertiary/aromatic N) is 1. The number of nitrogens with two attached hydrogens (primary N) is 1. The fraction of sp³-hybridized carbons (Fsp3) is 0.222. The summed E-state index contributed by atoms with van der Waals surface area (Å²) < 4.78 is 2.69. The lowest BCUT2D eigenvalue weighted by Gasteiger charge is -2.01. The van der Waals surface area contributed by atoms with E-state index in [1.54, 1.807) is 22.1 Å². The van der Waals surface area contributed by atoms with Crippen LogP contribution < -0.4 is 11.3 Å². The second-order valence-electron chi connectivity index (χ2n) is 2.80. The van der Waals surface area contributed by atoms with E-state index in [1.165, 1.54) is 0 Å². The van der Waals surface area contributed by atoms with Crippen molar-refractivity contribution in [3.8, 4) is 0 Å². The number of thiophene rings is 1. The lowest BCUT2D eigenvalue weighted by Crippen LogP contribution is -2.22. The molecule has 0 saturated heterocycles. The maximum Gasteiger partial charge on any atom is 0.259 e. The number of fused-ring (bicyclic) bond motifs is 1. The van der Waals surface area contributed by atoms with E-state index >= 15 is 0 Å². The van der Waals surface area contributed by atoms with Gasteiger partial charge in [0.2, 0.25) is 0 Å². The van der Waals surface area contributed by atoms with E-state index in [2.05, 4.69) is 0 Å². The Bertz CT molecular complexity index is 472. The minimum absolute atomic E-state index is 0.0594. The van der Waals surface area contributed by atoms with Gasteiger partial charge in [0, 0.05) is 24.0 Å². The molecule has 0 radical (unpaired) electrons. The number of aromatic nitrogens is 1. The van der Waals surface area contributed by atoms with E-state index in [4.69, 9.17) is 5.73 Å². The number of rotatable bonds is 2. The van der Waals surface area contributed by atoms with Crippen molar-refractivity contribution in [2.24, 2.45) is 5.73 Å². The monoisotopic (exact) mass is 194 g/mol. The fourth-order valence-electron chi connectivity index (χ4n) is 1.32. The van der Waals surface area contributed by atoms with Crippen molar-refractivity contribution in [1.29, 1.82) is 0 Å². The van der Waals surface area contributed by atoms with Gasteiger partial charge < -0.3 is 10.3 Å². The zero-order valence-corrected chi connectivity index (χ0v) is 7.88. The van der Waals surface area contributed by atoms with Crippen LogP contribution in [0.25, 0.3) is 10.1 Å². The van der Waals surface area contributed by atoms with Crippen LogP contribution in [-0.2, 0) is 6.54 Å². The Morgan fingerprint density at radius 3 is 3.08 bits per heavy atom. The molecular weight excluding hydrogens is 184 g/mol. The third kappa shape index (κ3) is 1.38. The summed E-state index contributed by atoms with van der Waals surface area (Å²) in [6, 6.07) is 3.81. The lowest BCUT2D eigenvalue weighted by molar-refractivity contribution is 0.687. The van der Waals surface area contributed by atoms with Gasteiger partial charge in [-0.1, -0.05) is 0 Å². The molecule has 0 aliphatic carbocycles. The molecule has 2 aromatic heterocycles. The molecule has 2 aromatic rings. The molecular formula is C9H10N2OS. The van der Waals surface area contributed by atoms with Crippen LogP contribution >= 0.6 is 11.3 Å². The van der Waals surface area contributed by atoms with E-state index in [0.29, 0.717) is 13.1 Å². The van der Waals surface area contributed by atoms with E-state index in [9.17, 15) is 4.79 Å². The Morgan fingerprint density at radius 2 is 2.31 bits per heavy atom. The molecule has 0 fully saturated rings. The SMILES string of the molecule is NCCn1ccc2sccc2c1=O. The summed E-state index contributed by atoms with van der Waals surface area (Å²) in [6.45, 7) is 1.08. The summed E-state index contributed by atoms with van der Waals surface area (Å²) >= 11 is 1.58. The molecule has 2 rings (SSSR count). The molecule has 4 heteroatoms. The first-order valence-corrected chi connectivity index (χ1v) is 4.97. The second-order valence-corrected chi connectivity index (χ2v) is 3.75. The Labute approximate surface area is 79.4 Å². The first kappa shape index (κ1) is 8.47. The molecule has 0 bridgehead atoms. The van der Waals surface area contributed by atoms with Crippen molar-refractivity contribution in [2.75, 3.05) is 6.54 Å². The van der Waals surface area contributed by atoms with Crippen molar-refractivity contribution >= 4 is 21.4 Å². The summed E-state index contributed by atoms with van der Waals surface area (Å²) in [5.41, 5.74) is 5.45. The normalized spacial score (nSPS) is 10.8. The summed E-state index contributed by atoms with van der Waals surface area (Å²) in [5, 5.41) is 2.72. The largest absolute Gasteiger partial charge is 0.329 e. The Kier molecular flexibility index (Phi) is 2.16. The third-order valence-electron chi connectivity index (χ3n) is 1.96.